The number of allylic oxidation sites excluding steroid dienone is 2. The van der Waals surface area contributed by atoms with Crippen molar-refractivity contribution in [2.24, 2.45) is 29.1 Å². The standard InChI is InChI=1S/C22H28O3/c1-13-11-18-16(15-4-3-14(23)12-17(13)15)5-8-21(2)19(18)6-9-22(21)10-7-20(24)25-22/h7,10,12,15-16,18-20,24H,1,3-6,8-9,11H2,2H3/t15-,16?,18?,19?,20?,21+,22-/m1/s1. The Morgan fingerprint density at radius 2 is 2.08 bits per heavy atom. The van der Waals surface area contributed by atoms with E-state index in [9.17, 15) is 9.90 Å². The molecule has 0 aromatic heterocycles. The second-order valence-corrected chi connectivity index (χ2v) is 9.20. The van der Waals surface area contributed by atoms with Crippen LogP contribution in [0.1, 0.15) is 51.9 Å². The van der Waals surface area contributed by atoms with Gasteiger partial charge in [-0.1, -0.05) is 25.2 Å². The number of ether oxygens (including phenoxy) is 1. The highest BCUT2D eigenvalue weighted by Gasteiger charge is 2.64. The topological polar surface area (TPSA) is 46.5 Å². The molecule has 1 N–H and O–H groups in total. The van der Waals surface area contributed by atoms with Gasteiger partial charge in [0.25, 0.3) is 0 Å². The molecule has 4 aliphatic carbocycles. The summed E-state index contributed by atoms with van der Waals surface area (Å²) in [6.07, 6.45) is 12.4. The number of fused-ring (bicyclic) bond motifs is 6. The molecule has 0 amide bonds. The van der Waals surface area contributed by atoms with Crippen molar-refractivity contribution < 1.29 is 14.6 Å². The molecule has 3 saturated carbocycles. The third-order valence-electron chi connectivity index (χ3n) is 8.36. The van der Waals surface area contributed by atoms with Gasteiger partial charge < -0.3 is 9.84 Å². The highest BCUT2D eigenvalue weighted by Crippen LogP contribution is 2.67. The van der Waals surface area contributed by atoms with Crippen LogP contribution in [0.3, 0.4) is 0 Å². The lowest BCUT2D eigenvalue weighted by atomic mass is 9.50. The Morgan fingerprint density at radius 1 is 1.24 bits per heavy atom. The van der Waals surface area contributed by atoms with Crippen LogP contribution in [0.25, 0.3) is 0 Å². The summed E-state index contributed by atoms with van der Waals surface area (Å²) in [5.74, 6) is 2.78. The lowest BCUT2D eigenvalue weighted by molar-refractivity contribution is -0.180. The molecule has 3 nitrogen and oxygen atoms in total. The van der Waals surface area contributed by atoms with Gasteiger partial charge in [-0.05, 0) is 79.9 Å². The Labute approximate surface area is 149 Å². The van der Waals surface area contributed by atoms with Crippen molar-refractivity contribution in [3.63, 3.8) is 0 Å². The van der Waals surface area contributed by atoms with Crippen LogP contribution in [-0.2, 0) is 9.53 Å². The summed E-state index contributed by atoms with van der Waals surface area (Å²) in [4.78, 5) is 11.9. The first-order chi connectivity index (χ1) is 11.9. The van der Waals surface area contributed by atoms with Gasteiger partial charge in [-0.15, -0.1) is 0 Å². The maximum absolute atomic E-state index is 11.9. The second kappa shape index (κ2) is 5.17. The van der Waals surface area contributed by atoms with Gasteiger partial charge in [0.15, 0.2) is 12.1 Å². The van der Waals surface area contributed by atoms with Crippen LogP contribution in [-0.4, -0.2) is 22.8 Å². The SMILES string of the molecule is C=C1CC2C(CC[C@@]3(C)C2CC[C@@]32C=CC(O)O2)[C@H]2CCC(=O)C=C12. The van der Waals surface area contributed by atoms with E-state index >= 15 is 0 Å². The predicted octanol–water partition coefficient (Wildman–Crippen LogP) is 3.94. The second-order valence-electron chi connectivity index (χ2n) is 9.20. The summed E-state index contributed by atoms with van der Waals surface area (Å²) in [6.45, 7) is 6.75. The molecule has 25 heavy (non-hydrogen) atoms. The molecular weight excluding hydrogens is 312 g/mol. The first-order valence-electron chi connectivity index (χ1n) is 9.91. The van der Waals surface area contributed by atoms with Gasteiger partial charge in [0.05, 0.1) is 5.60 Å². The largest absolute Gasteiger partial charge is 0.365 e. The molecule has 0 aromatic carbocycles. The average Bonchev–Trinajstić information content (AvgIpc) is 3.10. The average molecular weight is 340 g/mol. The molecule has 1 heterocycles. The maximum Gasteiger partial charge on any atom is 0.175 e. The normalized spacial score (nSPS) is 51.3. The van der Waals surface area contributed by atoms with Crippen molar-refractivity contribution >= 4 is 5.78 Å². The Kier molecular flexibility index (Phi) is 3.31. The van der Waals surface area contributed by atoms with E-state index in [1.807, 2.05) is 12.2 Å². The fraction of sp³-hybridized carbons (Fsp3) is 0.682. The van der Waals surface area contributed by atoms with E-state index in [0.717, 1.165) is 25.7 Å². The smallest absolute Gasteiger partial charge is 0.175 e. The summed E-state index contributed by atoms with van der Waals surface area (Å²) in [7, 11) is 0. The number of carbonyl (C=O) groups excluding carboxylic acids is 1. The minimum atomic E-state index is -0.742. The molecule has 1 aliphatic heterocycles. The molecule has 134 valence electrons. The van der Waals surface area contributed by atoms with Gasteiger partial charge in [-0.2, -0.15) is 0 Å². The number of carbonyl (C=O) groups is 1. The van der Waals surface area contributed by atoms with Crippen LogP contribution in [0, 0.1) is 29.1 Å². The molecular formula is C22H28O3. The van der Waals surface area contributed by atoms with Gasteiger partial charge in [0.1, 0.15) is 0 Å². The Hall–Kier alpha value is -1.19. The minimum absolute atomic E-state index is 0.105. The number of aliphatic hydroxyl groups excluding tert-OH is 1. The van der Waals surface area contributed by atoms with E-state index in [-0.39, 0.29) is 16.8 Å². The number of ketones is 1. The van der Waals surface area contributed by atoms with E-state index < -0.39 is 6.29 Å². The van der Waals surface area contributed by atoms with Crippen LogP contribution >= 0.6 is 0 Å². The lowest BCUT2D eigenvalue weighted by Gasteiger charge is -2.56. The lowest BCUT2D eigenvalue weighted by Crippen LogP contribution is -2.52. The van der Waals surface area contributed by atoms with Crippen LogP contribution in [0.4, 0.5) is 0 Å². The molecule has 1 spiro atoms. The first-order valence-corrected chi connectivity index (χ1v) is 9.91. The predicted molar refractivity (Wildman–Crippen MR) is 95.6 cm³/mol. The summed E-state index contributed by atoms with van der Waals surface area (Å²) in [5, 5.41) is 9.95. The molecule has 0 aromatic rings. The molecule has 0 bridgehead atoms. The van der Waals surface area contributed by atoms with Crippen LogP contribution in [0.15, 0.2) is 36.0 Å². The number of aliphatic hydroxyl groups is 1. The Morgan fingerprint density at radius 3 is 2.84 bits per heavy atom. The summed E-state index contributed by atoms with van der Waals surface area (Å²) in [6, 6.07) is 0. The zero-order valence-corrected chi connectivity index (χ0v) is 15.0. The highest BCUT2D eigenvalue weighted by atomic mass is 16.6. The molecule has 0 saturated heterocycles. The Balaban J connectivity index is 1.49. The van der Waals surface area contributed by atoms with E-state index in [0.29, 0.717) is 30.1 Å². The third kappa shape index (κ3) is 2.03. The third-order valence-corrected chi connectivity index (χ3v) is 8.36. The van der Waals surface area contributed by atoms with E-state index in [1.54, 1.807) is 0 Å². The van der Waals surface area contributed by atoms with E-state index in [2.05, 4.69) is 19.6 Å². The van der Waals surface area contributed by atoms with Crippen LogP contribution < -0.4 is 0 Å². The number of hydrogen-bond donors (Lipinski definition) is 1. The molecule has 5 rings (SSSR count). The number of hydrogen-bond acceptors (Lipinski definition) is 3. The molecule has 7 atom stereocenters. The van der Waals surface area contributed by atoms with Gasteiger partial charge in [-0.3, -0.25) is 4.79 Å². The van der Waals surface area contributed by atoms with Gasteiger partial charge in [-0.25, -0.2) is 0 Å². The summed E-state index contributed by atoms with van der Waals surface area (Å²) >= 11 is 0. The van der Waals surface area contributed by atoms with Crippen molar-refractivity contribution in [3.8, 4) is 0 Å². The van der Waals surface area contributed by atoms with Crippen molar-refractivity contribution in [3.05, 3.63) is 36.0 Å². The quantitative estimate of drug-likeness (QED) is 0.680. The monoisotopic (exact) mass is 340 g/mol. The van der Waals surface area contributed by atoms with Crippen molar-refractivity contribution in [1.82, 2.24) is 0 Å². The summed E-state index contributed by atoms with van der Waals surface area (Å²) < 4.78 is 6.08. The van der Waals surface area contributed by atoms with Crippen LogP contribution in [0.5, 0.6) is 0 Å². The molecule has 5 aliphatic rings. The molecule has 0 radical (unpaired) electrons. The highest BCUT2D eigenvalue weighted by molar-refractivity contribution is 5.92. The maximum atomic E-state index is 11.9. The first kappa shape index (κ1) is 16.0. The molecule has 4 unspecified atom stereocenters. The van der Waals surface area contributed by atoms with Gasteiger partial charge in [0, 0.05) is 11.8 Å². The summed E-state index contributed by atoms with van der Waals surface area (Å²) in [5.41, 5.74) is 2.30. The van der Waals surface area contributed by atoms with E-state index in [1.165, 1.54) is 24.0 Å². The van der Waals surface area contributed by atoms with Gasteiger partial charge >= 0.3 is 0 Å². The fourth-order valence-electron chi connectivity index (χ4n) is 7.16. The minimum Gasteiger partial charge on any atom is -0.365 e. The van der Waals surface area contributed by atoms with Crippen molar-refractivity contribution in [1.29, 1.82) is 0 Å². The fourth-order valence-corrected chi connectivity index (χ4v) is 7.16. The molecule has 3 fully saturated rings. The Bertz CT molecular complexity index is 704. The number of rotatable bonds is 0. The van der Waals surface area contributed by atoms with E-state index in [4.69, 9.17) is 4.74 Å². The van der Waals surface area contributed by atoms with Crippen molar-refractivity contribution in [2.75, 3.05) is 0 Å². The molecule has 3 heteroatoms. The van der Waals surface area contributed by atoms with Gasteiger partial charge in [0.2, 0.25) is 0 Å². The van der Waals surface area contributed by atoms with Crippen LogP contribution in [0.2, 0.25) is 0 Å². The van der Waals surface area contributed by atoms with Crippen molar-refractivity contribution in [2.45, 2.75) is 63.8 Å². The zero-order valence-electron chi connectivity index (χ0n) is 15.0. The zero-order chi connectivity index (χ0) is 17.4.